The van der Waals surface area contributed by atoms with E-state index in [-0.39, 0.29) is 0 Å². The predicted molar refractivity (Wildman–Crippen MR) is 61.7 cm³/mol. The largest absolute Gasteiger partial charge is 0.468 e. The Labute approximate surface area is 119 Å². The number of carbonyl (C=O) groups is 1. The minimum atomic E-state index is -4.86. The summed E-state index contributed by atoms with van der Waals surface area (Å²) in [6, 6.07) is 0. The number of thioether (sulfide) groups is 1. The molecule has 0 fully saturated rings. The molecule has 21 heavy (non-hydrogen) atoms. The Morgan fingerprint density at radius 3 is 2.29 bits per heavy atom. The van der Waals surface area contributed by atoms with Crippen molar-refractivity contribution in [1.82, 2.24) is 9.78 Å². The summed E-state index contributed by atoms with van der Waals surface area (Å²) < 4.78 is 79.7. The summed E-state index contributed by atoms with van der Waals surface area (Å²) in [5.41, 5.74) is -1.95. The van der Waals surface area contributed by atoms with Crippen molar-refractivity contribution in [3.05, 3.63) is 11.3 Å². The first-order chi connectivity index (χ1) is 9.42. The van der Waals surface area contributed by atoms with Crippen molar-refractivity contribution in [1.29, 1.82) is 0 Å². The van der Waals surface area contributed by atoms with Gasteiger partial charge in [-0.2, -0.15) is 31.4 Å². The van der Waals surface area contributed by atoms with Crippen molar-refractivity contribution >= 4 is 16.9 Å². The van der Waals surface area contributed by atoms with Gasteiger partial charge in [-0.05, 0) is 0 Å². The fraction of sp³-hybridized carbons (Fsp3) is 0.600. The summed E-state index contributed by atoms with van der Waals surface area (Å²) in [5, 5.41) is 2.66. The quantitative estimate of drug-likeness (QED) is 0.793. The number of aromatic nitrogens is 2. The molecule has 4 nitrogen and oxygen atoms in total. The molecule has 0 N–H and O–H groups in total. The van der Waals surface area contributed by atoms with E-state index >= 15 is 0 Å². The molecule has 0 aliphatic carbocycles. The molecule has 1 aromatic heterocycles. The lowest BCUT2D eigenvalue weighted by atomic mass is 10.2. The molecule has 0 unspecified atom stereocenters. The van der Waals surface area contributed by atoms with Crippen LogP contribution in [0.25, 0.3) is 0 Å². The number of halogens is 6. The van der Waals surface area contributed by atoms with Crippen LogP contribution in [0.2, 0.25) is 0 Å². The Kier molecular flexibility index (Phi) is 5.18. The van der Waals surface area contributed by atoms with Crippen LogP contribution in [0.3, 0.4) is 0 Å². The molecule has 0 saturated carbocycles. The molecule has 0 saturated heterocycles. The van der Waals surface area contributed by atoms with Gasteiger partial charge in [0.25, 0.3) is 0 Å². The zero-order valence-electron chi connectivity index (χ0n) is 10.8. The van der Waals surface area contributed by atoms with Crippen LogP contribution in [0.4, 0.5) is 26.3 Å². The van der Waals surface area contributed by atoms with E-state index in [1.807, 2.05) is 0 Å². The zero-order chi connectivity index (χ0) is 16.4. The highest BCUT2D eigenvalue weighted by atomic mass is 32.2. The van der Waals surface area contributed by atoms with Crippen LogP contribution in [-0.4, -0.2) is 27.7 Å². The van der Waals surface area contributed by atoms with E-state index < -0.39 is 47.0 Å². The molecule has 1 heterocycles. The summed E-state index contributed by atoms with van der Waals surface area (Å²) in [6.45, 7) is -0.619. The highest BCUT2D eigenvalue weighted by Gasteiger charge is 2.40. The Bertz CT molecular complexity index is 523. The number of alkyl halides is 6. The van der Waals surface area contributed by atoms with Crippen LogP contribution < -0.4 is 4.74 Å². The first-order valence-corrected chi connectivity index (χ1v) is 6.36. The van der Waals surface area contributed by atoms with E-state index in [4.69, 9.17) is 0 Å². The maximum Gasteiger partial charge on any atom is 0.435 e. The molecule has 0 aromatic carbocycles. The molecule has 11 heteroatoms. The maximum atomic E-state index is 12.8. The molecule has 0 spiro atoms. The van der Waals surface area contributed by atoms with Crippen molar-refractivity contribution in [2.45, 2.75) is 25.0 Å². The van der Waals surface area contributed by atoms with Crippen LogP contribution in [0, 0.1) is 0 Å². The van der Waals surface area contributed by atoms with Crippen molar-refractivity contribution in [2.75, 3.05) is 6.61 Å². The first kappa shape index (κ1) is 17.7. The van der Waals surface area contributed by atoms with Crippen LogP contribution in [0.15, 0.2) is 0 Å². The average Bonchev–Trinajstić information content (AvgIpc) is 2.59. The van der Waals surface area contributed by atoms with Gasteiger partial charge < -0.3 is 4.74 Å². The average molecular weight is 336 g/mol. The first-order valence-electron chi connectivity index (χ1n) is 5.38. The fourth-order valence-corrected chi connectivity index (χ4v) is 2.02. The topological polar surface area (TPSA) is 44.1 Å². The summed E-state index contributed by atoms with van der Waals surface area (Å²) in [7, 11) is 1.03. The summed E-state index contributed by atoms with van der Waals surface area (Å²) in [4.78, 5) is 10.8. The third-order valence-electron chi connectivity index (χ3n) is 2.15. The number of rotatable bonds is 4. The van der Waals surface area contributed by atoms with E-state index in [0.717, 1.165) is 14.0 Å². The van der Waals surface area contributed by atoms with Crippen molar-refractivity contribution < 1.29 is 35.9 Å². The van der Waals surface area contributed by atoms with Gasteiger partial charge in [0.1, 0.15) is 0 Å². The number of aryl methyl sites for hydroxylation is 1. The van der Waals surface area contributed by atoms with Crippen molar-refractivity contribution in [3.8, 4) is 5.88 Å². The van der Waals surface area contributed by atoms with Gasteiger partial charge in [-0.3, -0.25) is 4.79 Å². The van der Waals surface area contributed by atoms with Crippen LogP contribution >= 0.6 is 11.8 Å². The molecular formula is C10H10F6N2O2S. The van der Waals surface area contributed by atoms with Crippen molar-refractivity contribution in [2.24, 2.45) is 7.05 Å². The molecule has 0 aliphatic heterocycles. The number of carbonyl (C=O) groups excluding carboxylic acids is 1. The van der Waals surface area contributed by atoms with E-state index in [9.17, 15) is 31.1 Å². The summed E-state index contributed by atoms with van der Waals surface area (Å²) >= 11 is 0.522. The molecule has 1 aromatic rings. The van der Waals surface area contributed by atoms with E-state index in [1.165, 1.54) is 0 Å². The molecule has 120 valence electrons. The highest BCUT2D eigenvalue weighted by Crippen LogP contribution is 2.37. The molecule has 0 amide bonds. The van der Waals surface area contributed by atoms with Gasteiger partial charge in [0.15, 0.2) is 17.4 Å². The minimum absolute atomic E-state index is 0.478. The Morgan fingerprint density at radius 1 is 1.29 bits per heavy atom. The second-order valence-electron chi connectivity index (χ2n) is 3.94. The SMILES string of the molecule is CC(=O)SCc1c(C(F)(F)F)nn(C)c1OCC(F)(F)F. The van der Waals surface area contributed by atoms with E-state index in [2.05, 4.69) is 9.84 Å². The van der Waals surface area contributed by atoms with Gasteiger partial charge in [-0.25, -0.2) is 4.68 Å². The van der Waals surface area contributed by atoms with Crippen molar-refractivity contribution in [3.63, 3.8) is 0 Å². The van der Waals surface area contributed by atoms with Crippen LogP contribution in [0.1, 0.15) is 18.2 Å². The van der Waals surface area contributed by atoms with Crippen LogP contribution in [-0.2, 0) is 23.8 Å². The second-order valence-corrected chi connectivity index (χ2v) is 5.09. The molecule has 0 radical (unpaired) electrons. The van der Waals surface area contributed by atoms with Gasteiger partial charge in [-0.15, -0.1) is 0 Å². The standard InChI is InChI=1S/C10H10F6N2O2S/c1-5(19)21-3-6-7(10(14,15)16)17-18(2)8(6)20-4-9(11,12)13/h3-4H2,1-2H3. The summed E-state index contributed by atoms with van der Waals surface area (Å²) in [5.74, 6) is -1.14. The van der Waals surface area contributed by atoms with Gasteiger partial charge in [0, 0.05) is 19.7 Å². The molecular weight excluding hydrogens is 326 g/mol. The second kappa shape index (κ2) is 6.16. The zero-order valence-corrected chi connectivity index (χ0v) is 11.6. The molecule has 0 aliphatic rings. The number of ether oxygens (including phenoxy) is 1. The minimum Gasteiger partial charge on any atom is -0.468 e. The van der Waals surface area contributed by atoms with Gasteiger partial charge >= 0.3 is 12.4 Å². The molecule has 1 rings (SSSR count). The number of hydrogen-bond acceptors (Lipinski definition) is 4. The fourth-order valence-electron chi connectivity index (χ4n) is 1.41. The lowest BCUT2D eigenvalue weighted by molar-refractivity contribution is -0.154. The lowest BCUT2D eigenvalue weighted by Gasteiger charge is -2.11. The summed E-state index contributed by atoms with van der Waals surface area (Å²) in [6.07, 6.45) is -9.56. The third-order valence-corrected chi connectivity index (χ3v) is 2.99. The van der Waals surface area contributed by atoms with Gasteiger partial charge in [0.2, 0.25) is 5.88 Å². The van der Waals surface area contributed by atoms with E-state index in [1.54, 1.807) is 0 Å². The molecule has 0 bridgehead atoms. The number of nitrogens with zero attached hydrogens (tertiary/aromatic N) is 2. The van der Waals surface area contributed by atoms with Gasteiger partial charge in [0.05, 0.1) is 5.56 Å². The Hall–Kier alpha value is -1.39. The van der Waals surface area contributed by atoms with E-state index in [0.29, 0.717) is 16.4 Å². The Balaban J connectivity index is 3.15. The van der Waals surface area contributed by atoms with Gasteiger partial charge in [-0.1, -0.05) is 11.8 Å². The Morgan fingerprint density at radius 2 is 1.86 bits per heavy atom. The predicted octanol–water partition coefficient (Wildman–Crippen LogP) is 3.16. The lowest BCUT2D eigenvalue weighted by Crippen LogP contribution is -2.20. The van der Waals surface area contributed by atoms with Crippen LogP contribution in [0.5, 0.6) is 5.88 Å². The number of hydrogen-bond donors (Lipinski definition) is 0. The highest BCUT2D eigenvalue weighted by molar-refractivity contribution is 8.12. The maximum absolute atomic E-state index is 12.8. The normalized spacial score (nSPS) is 12.6. The monoisotopic (exact) mass is 336 g/mol. The molecule has 0 atom stereocenters. The smallest absolute Gasteiger partial charge is 0.435 e. The third kappa shape index (κ3) is 5.14.